The molecule has 82 valence electrons. The predicted octanol–water partition coefficient (Wildman–Crippen LogP) is 2.77. The quantitative estimate of drug-likeness (QED) is 0.749. The van der Waals surface area contributed by atoms with Crippen LogP contribution in [-0.2, 0) is 4.79 Å². The maximum absolute atomic E-state index is 9.51. The monoisotopic (exact) mass is 207 g/mol. The van der Waals surface area contributed by atoms with E-state index in [0.29, 0.717) is 0 Å². The fraction of sp³-hybridized carbons (Fsp3) is 0.250. The second-order valence-corrected chi connectivity index (χ2v) is 2.73. The molecule has 0 spiro atoms. The maximum Gasteiger partial charge on any atom is 0.327 e. The number of para-hydroxylation sites is 1. The first-order valence-electron chi connectivity index (χ1n) is 4.85. The lowest BCUT2D eigenvalue weighted by Crippen LogP contribution is -1.94. The summed E-state index contributed by atoms with van der Waals surface area (Å²) in [7, 11) is 0. The van der Waals surface area contributed by atoms with Gasteiger partial charge in [-0.3, -0.25) is 0 Å². The van der Waals surface area contributed by atoms with Crippen molar-refractivity contribution in [3.8, 4) is 0 Å². The molecular weight excluding hydrogens is 190 g/mol. The van der Waals surface area contributed by atoms with Crippen LogP contribution < -0.4 is 5.32 Å². The second-order valence-electron chi connectivity index (χ2n) is 2.73. The fourth-order valence-corrected chi connectivity index (χ4v) is 0.903. The van der Waals surface area contributed by atoms with E-state index in [-0.39, 0.29) is 0 Å². The third-order valence-corrected chi connectivity index (χ3v) is 1.46. The van der Waals surface area contributed by atoms with Crippen molar-refractivity contribution in [3.05, 3.63) is 42.5 Å². The standard InChI is InChI=1S/C8H11N.C4H6O2/c1-2-9-8-6-4-3-5-7-8;1-2-3-4(5)6/h3-7,9H,2H2,1H3;2-3H,1H3,(H,5,6)/b;3-2+. The molecule has 3 nitrogen and oxygen atoms in total. The van der Waals surface area contributed by atoms with Crippen molar-refractivity contribution >= 4 is 11.7 Å². The number of carboxylic acids is 1. The van der Waals surface area contributed by atoms with Crippen LogP contribution >= 0.6 is 0 Å². The molecule has 1 rings (SSSR count). The summed E-state index contributed by atoms with van der Waals surface area (Å²) in [5, 5.41) is 11.0. The zero-order chi connectivity index (χ0) is 11.5. The van der Waals surface area contributed by atoms with Crippen LogP contribution in [0, 0.1) is 0 Å². The van der Waals surface area contributed by atoms with E-state index in [9.17, 15) is 4.79 Å². The molecule has 0 saturated carbocycles. The van der Waals surface area contributed by atoms with E-state index in [1.165, 1.54) is 11.8 Å². The van der Waals surface area contributed by atoms with Crippen LogP contribution in [0.15, 0.2) is 42.5 Å². The normalized spacial score (nSPS) is 9.20. The highest BCUT2D eigenvalue weighted by Gasteiger charge is 1.81. The number of aliphatic carboxylic acids is 1. The molecule has 1 aromatic rings. The van der Waals surface area contributed by atoms with Crippen molar-refractivity contribution < 1.29 is 9.90 Å². The van der Waals surface area contributed by atoms with Gasteiger partial charge in [-0.2, -0.15) is 0 Å². The van der Waals surface area contributed by atoms with Crippen molar-refractivity contribution in [2.24, 2.45) is 0 Å². The molecule has 0 unspecified atom stereocenters. The van der Waals surface area contributed by atoms with Crippen LogP contribution in [0.2, 0.25) is 0 Å². The fourth-order valence-electron chi connectivity index (χ4n) is 0.903. The van der Waals surface area contributed by atoms with E-state index in [1.807, 2.05) is 18.2 Å². The van der Waals surface area contributed by atoms with E-state index < -0.39 is 5.97 Å². The Morgan fingerprint density at radius 3 is 2.33 bits per heavy atom. The average Bonchev–Trinajstić information content (AvgIpc) is 2.20. The lowest BCUT2D eigenvalue weighted by Gasteiger charge is -1.99. The van der Waals surface area contributed by atoms with Crippen LogP contribution in [0.5, 0.6) is 0 Å². The largest absolute Gasteiger partial charge is 0.478 e. The summed E-state index contributed by atoms with van der Waals surface area (Å²) in [4.78, 5) is 9.51. The van der Waals surface area contributed by atoms with E-state index >= 15 is 0 Å². The molecule has 0 aliphatic carbocycles. The summed E-state index contributed by atoms with van der Waals surface area (Å²) in [5.74, 6) is -0.891. The number of allylic oxidation sites excluding steroid dienone is 1. The van der Waals surface area contributed by atoms with Gasteiger partial charge < -0.3 is 10.4 Å². The Kier molecular flexibility index (Phi) is 7.77. The minimum absolute atomic E-state index is 0.891. The predicted molar refractivity (Wildman–Crippen MR) is 63.1 cm³/mol. The number of nitrogens with one attached hydrogen (secondary N) is 1. The van der Waals surface area contributed by atoms with Gasteiger partial charge in [-0.1, -0.05) is 24.3 Å². The van der Waals surface area contributed by atoms with Crippen LogP contribution in [0.4, 0.5) is 5.69 Å². The Bertz CT molecular complexity index is 294. The van der Waals surface area contributed by atoms with Crippen molar-refractivity contribution in [1.82, 2.24) is 0 Å². The van der Waals surface area contributed by atoms with Gasteiger partial charge in [-0.25, -0.2) is 4.79 Å². The summed E-state index contributed by atoms with van der Waals surface area (Å²) < 4.78 is 0. The number of hydrogen-bond donors (Lipinski definition) is 2. The van der Waals surface area contributed by atoms with Crippen molar-refractivity contribution in [3.63, 3.8) is 0 Å². The molecule has 0 amide bonds. The van der Waals surface area contributed by atoms with Crippen LogP contribution in [-0.4, -0.2) is 17.6 Å². The van der Waals surface area contributed by atoms with Gasteiger partial charge >= 0.3 is 5.97 Å². The van der Waals surface area contributed by atoms with Gasteiger partial charge in [0.1, 0.15) is 0 Å². The lowest BCUT2D eigenvalue weighted by atomic mass is 10.3. The number of hydrogen-bond acceptors (Lipinski definition) is 2. The summed E-state index contributed by atoms with van der Waals surface area (Å²) in [6, 6.07) is 10.2. The SMILES string of the molecule is C/C=C/C(=O)O.CCNc1ccccc1. The Morgan fingerprint density at radius 2 is 2.00 bits per heavy atom. The van der Waals surface area contributed by atoms with E-state index in [2.05, 4.69) is 24.4 Å². The zero-order valence-electron chi connectivity index (χ0n) is 9.10. The Labute approximate surface area is 90.4 Å². The Hall–Kier alpha value is -1.77. The van der Waals surface area contributed by atoms with Gasteiger partial charge in [0.2, 0.25) is 0 Å². The number of rotatable bonds is 3. The van der Waals surface area contributed by atoms with Gasteiger partial charge in [0.05, 0.1) is 0 Å². The summed E-state index contributed by atoms with van der Waals surface area (Å²) in [6.07, 6.45) is 2.56. The molecule has 0 aromatic heterocycles. The summed E-state index contributed by atoms with van der Waals surface area (Å²) in [6.45, 7) is 4.74. The van der Waals surface area contributed by atoms with Crippen molar-refractivity contribution in [2.45, 2.75) is 13.8 Å². The molecule has 0 aliphatic heterocycles. The first-order chi connectivity index (χ1) is 7.20. The molecular formula is C12H17NO2. The van der Waals surface area contributed by atoms with Gasteiger partial charge in [0.15, 0.2) is 0 Å². The van der Waals surface area contributed by atoms with Crippen molar-refractivity contribution in [2.75, 3.05) is 11.9 Å². The number of benzene rings is 1. The molecule has 0 atom stereocenters. The molecule has 0 fully saturated rings. The molecule has 2 N–H and O–H groups in total. The minimum Gasteiger partial charge on any atom is -0.478 e. The lowest BCUT2D eigenvalue weighted by molar-refractivity contribution is -0.131. The summed E-state index contributed by atoms with van der Waals surface area (Å²) >= 11 is 0. The molecule has 0 aliphatic rings. The topological polar surface area (TPSA) is 49.3 Å². The van der Waals surface area contributed by atoms with E-state index in [4.69, 9.17) is 5.11 Å². The molecule has 1 aromatic carbocycles. The molecule has 0 bridgehead atoms. The Balaban J connectivity index is 0.000000288. The summed E-state index contributed by atoms with van der Waals surface area (Å²) in [5.41, 5.74) is 1.19. The Morgan fingerprint density at radius 1 is 1.40 bits per heavy atom. The highest BCUT2D eigenvalue weighted by atomic mass is 16.4. The first kappa shape index (κ1) is 13.2. The van der Waals surface area contributed by atoms with Crippen LogP contribution in [0.1, 0.15) is 13.8 Å². The minimum atomic E-state index is -0.891. The van der Waals surface area contributed by atoms with Gasteiger partial charge in [0.25, 0.3) is 0 Å². The molecule has 0 heterocycles. The second kappa shape index (κ2) is 8.81. The third-order valence-electron chi connectivity index (χ3n) is 1.46. The maximum atomic E-state index is 9.51. The molecule has 3 heteroatoms. The average molecular weight is 207 g/mol. The smallest absolute Gasteiger partial charge is 0.327 e. The van der Waals surface area contributed by atoms with Crippen molar-refractivity contribution in [1.29, 1.82) is 0 Å². The highest BCUT2D eigenvalue weighted by molar-refractivity contribution is 5.79. The highest BCUT2D eigenvalue weighted by Crippen LogP contribution is 2.02. The molecule has 15 heavy (non-hydrogen) atoms. The van der Waals surface area contributed by atoms with Gasteiger partial charge in [-0.15, -0.1) is 0 Å². The number of anilines is 1. The van der Waals surface area contributed by atoms with Crippen LogP contribution in [0.25, 0.3) is 0 Å². The van der Waals surface area contributed by atoms with E-state index in [0.717, 1.165) is 12.6 Å². The van der Waals surface area contributed by atoms with Gasteiger partial charge in [0, 0.05) is 18.3 Å². The zero-order valence-corrected chi connectivity index (χ0v) is 9.10. The first-order valence-corrected chi connectivity index (χ1v) is 4.85. The number of carboxylic acid groups (broad SMARTS) is 1. The number of carbonyl (C=O) groups is 1. The van der Waals surface area contributed by atoms with E-state index in [1.54, 1.807) is 6.92 Å². The molecule has 0 radical (unpaired) electrons. The van der Waals surface area contributed by atoms with Gasteiger partial charge in [-0.05, 0) is 26.0 Å². The third kappa shape index (κ3) is 8.56. The van der Waals surface area contributed by atoms with Crippen LogP contribution in [0.3, 0.4) is 0 Å². The molecule has 0 saturated heterocycles.